The molecule has 2 aromatic carbocycles. The van der Waals surface area contributed by atoms with Gasteiger partial charge < -0.3 is 5.32 Å². The number of carbonyl (C=O) groups is 1. The molecule has 0 aromatic heterocycles. The van der Waals surface area contributed by atoms with Crippen LogP contribution < -0.4 is 5.32 Å². The molecule has 2 aromatic rings. The largest absolute Gasteiger partial charge is 0.345 e. The molecule has 2 heteroatoms. The Balaban J connectivity index is 2.41. The van der Waals surface area contributed by atoms with Gasteiger partial charge in [0.15, 0.2) is 0 Å². The SMILES string of the molecule is Cc1ccccc1[C@@H](NC(=O)C(C)(C)C)c1ccccc1. The average Bonchev–Trinajstić information content (AvgIpc) is 2.45. The molecule has 1 N–H and O–H groups in total. The summed E-state index contributed by atoms with van der Waals surface area (Å²) in [5, 5.41) is 3.19. The predicted octanol–water partition coefficient (Wildman–Crippen LogP) is 4.25. The normalized spacial score (nSPS) is 12.8. The summed E-state index contributed by atoms with van der Waals surface area (Å²) < 4.78 is 0. The number of carbonyl (C=O) groups excluding carboxylic acids is 1. The molecule has 0 saturated heterocycles. The van der Waals surface area contributed by atoms with Crippen molar-refractivity contribution in [2.45, 2.75) is 33.7 Å². The van der Waals surface area contributed by atoms with Crippen LogP contribution >= 0.6 is 0 Å². The standard InChI is InChI=1S/C19H23NO/c1-14-10-8-9-13-16(14)17(15-11-6-5-7-12-15)20-18(21)19(2,3)4/h5-13,17H,1-4H3,(H,20,21)/t17-/m0/s1. The Labute approximate surface area is 127 Å². The fourth-order valence-electron chi connectivity index (χ4n) is 2.24. The molecule has 110 valence electrons. The molecule has 21 heavy (non-hydrogen) atoms. The minimum Gasteiger partial charge on any atom is -0.345 e. The molecule has 1 atom stereocenters. The molecule has 0 heterocycles. The predicted molar refractivity (Wildman–Crippen MR) is 87.1 cm³/mol. The zero-order chi connectivity index (χ0) is 15.5. The fourth-order valence-corrected chi connectivity index (χ4v) is 2.24. The lowest BCUT2D eigenvalue weighted by Crippen LogP contribution is -2.38. The van der Waals surface area contributed by atoms with Gasteiger partial charge in [0.25, 0.3) is 0 Å². The van der Waals surface area contributed by atoms with Gasteiger partial charge >= 0.3 is 0 Å². The molecule has 2 rings (SSSR count). The molecule has 0 saturated carbocycles. The Morgan fingerprint density at radius 2 is 1.52 bits per heavy atom. The van der Waals surface area contributed by atoms with E-state index in [1.54, 1.807) is 0 Å². The number of rotatable bonds is 3. The summed E-state index contributed by atoms with van der Waals surface area (Å²) in [6.45, 7) is 7.88. The van der Waals surface area contributed by atoms with Crippen LogP contribution in [-0.2, 0) is 4.79 Å². The Kier molecular flexibility index (Phi) is 4.46. The first-order valence-electron chi connectivity index (χ1n) is 7.31. The van der Waals surface area contributed by atoms with Crippen molar-refractivity contribution >= 4 is 5.91 Å². The van der Waals surface area contributed by atoms with Crippen molar-refractivity contribution in [3.63, 3.8) is 0 Å². The molecular formula is C19H23NO. The lowest BCUT2D eigenvalue weighted by atomic mass is 9.91. The first-order valence-corrected chi connectivity index (χ1v) is 7.31. The van der Waals surface area contributed by atoms with Gasteiger partial charge in [-0.1, -0.05) is 75.4 Å². The van der Waals surface area contributed by atoms with Gasteiger partial charge in [0.1, 0.15) is 0 Å². The Bertz CT molecular complexity index is 611. The zero-order valence-electron chi connectivity index (χ0n) is 13.2. The fraction of sp³-hybridized carbons (Fsp3) is 0.316. The minimum atomic E-state index is -0.407. The second kappa shape index (κ2) is 6.13. The minimum absolute atomic E-state index is 0.0552. The first-order chi connectivity index (χ1) is 9.89. The summed E-state index contributed by atoms with van der Waals surface area (Å²) in [5.41, 5.74) is 3.02. The van der Waals surface area contributed by atoms with Crippen LogP contribution in [0.3, 0.4) is 0 Å². The van der Waals surface area contributed by atoms with E-state index in [-0.39, 0.29) is 11.9 Å². The highest BCUT2D eigenvalue weighted by Crippen LogP contribution is 2.26. The number of hydrogen-bond acceptors (Lipinski definition) is 1. The monoisotopic (exact) mass is 281 g/mol. The van der Waals surface area contributed by atoms with Crippen LogP contribution in [0.1, 0.15) is 43.5 Å². The Hall–Kier alpha value is -2.09. The Morgan fingerprint density at radius 3 is 2.10 bits per heavy atom. The molecule has 2 nitrogen and oxygen atoms in total. The molecule has 0 spiro atoms. The van der Waals surface area contributed by atoms with E-state index in [4.69, 9.17) is 0 Å². The molecule has 0 unspecified atom stereocenters. The highest BCUT2D eigenvalue weighted by molar-refractivity contribution is 5.82. The third-order valence-electron chi connectivity index (χ3n) is 3.59. The van der Waals surface area contributed by atoms with Gasteiger partial charge in [-0.3, -0.25) is 4.79 Å². The van der Waals surface area contributed by atoms with E-state index < -0.39 is 5.41 Å². The molecular weight excluding hydrogens is 258 g/mol. The maximum absolute atomic E-state index is 12.4. The van der Waals surface area contributed by atoms with Gasteiger partial charge in [0.2, 0.25) is 5.91 Å². The van der Waals surface area contributed by atoms with Gasteiger partial charge in [0, 0.05) is 5.41 Å². The van der Waals surface area contributed by atoms with Gasteiger partial charge in [-0.25, -0.2) is 0 Å². The van der Waals surface area contributed by atoms with Crippen molar-refractivity contribution in [3.8, 4) is 0 Å². The van der Waals surface area contributed by atoms with Crippen molar-refractivity contribution in [2.75, 3.05) is 0 Å². The van der Waals surface area contributed by atoms with Crippen LogP contribution in [-0.4, -0.2) is 5.91 Å². The van der Waals surface area contributed by atoms with Crippen molar-refractivity contribution in [3.05, 3.63) is 71.3 Å². The smallest absolute Gasteiger partial charge is 0.226 e. The topological polar surface area (TPSA) is 29.1 Å². The number of benzene rings is 2. The molecule has 0 aliphatic heterocycles. The highest BCUT2D eigenvalue weighted by atomic mass is 16.2. The highest BCUT2D eigenvalue weighted by Gasteiger charge is 2.26. The second-order valence-electron chi connectivity index (χ2n) is 6.42. The van der Waals surface area contributed by atoms with Gasteiger partial charge in [-0.15, -0.1) is 0 Å². The number of aryl methyl sites for hydroxylation is 1. The van der Waals surface area contributed by atoms with Gasteiger partial charge in [-0.05, 0) is 23.6 Å². The van der Waals surface area contributed by atoms with Crippen LogP contribution in [0.25, 0.3) is 0 Å². The van der Waals surface area contributed by atoms with E-state index in [2.05, 4.69) is 36.5 Å². The maximum Gasteiger partial charge on any atom is 0.226 e. The van der Waals surface area contributed by atoms with Crippen LogP contribution in [0.15, 0.2) is 54.6 Å². The summed E-state index contributed by atoms with van der Waals surface area (Å²) in [6.07, 6.45) is 0. The number of amides is 1. The summed E-state index contributed by atoms with van der Waals surface area (Å²) in [4.78, 5) is 12.4. The number of nitrogens with one attached hydrogen (secondary N) is 1. The molecule has 0 fully saturated rings. The van der Waals surface area contributed by atoms with E-state index in [1.165, 1.54) is 5.56 Å². The van der Waals surface area contributed by atoms with Crippen LogP contribution in [0.4, 0.5) is 0 Å². The summed E-state index contributed by atoms with van der Waals surface area (Å²) in [5.74, 6) is 0.0552. The van der Waals surface area contributed by atoms with Gasteiger partial charge in [0.05, 0.1) is 6.04 Å². The molecule has 0 aliphatic rings. The van der Waals surface area contributed by atoms with E-state index >= 15 is 0 Å². The van der Waals surface area contributed by atoms with Crippen LogP contribution in [0.5, 0.6) is 0 Å². The van der Waals surface area contributed by atoms with E-state index in [1.807, 2.05) is 51.1 Å². The zero-order valence-corrected chi connectivity index (χ0v) is 13.2. The Morgan fingerprint density at radius 1 is 0.952 bits per heavy atom. The third kappa shape index (κ3) is 3.72. The van der Waals surface area contributed by atoms with Crippen molar-refractivity contribution in [1.82, 2.24) is 5.32 Å². The summed E-state index contributed by atoms with van der Waals surface area (Å²) >= 11 is 0. The second-order valence-corrected chi connectivity index (χ2v) is 6.42. The molecule has 0 aliphatic carbocycles. The molecule has 0 bridgehead atoms. The lowest BCUT2D eigenvalue weighted by molar-refractivity contribution is -0.129. The quantitative estimate of drug-likeness (QED) is 0.895. The molecule has 0 radical (unpaired) electrons. The lowest BCUT2D eigenvalue weighted by Gasteiger charge is -2.26. The van der Waals surface area contributed by atoms with Gasteiger partial charge in [-0.2, -0.15) is 0 Å². The summed E-state index contributed by atoms with van der Waals surface area (Å²) in [6, 6.07) is 18.2. The van der Waals surface area contributed by atoms with Crippen LogP contribution in [0, 0.1) is 12.3 Å². The maximum atomic E-state index is 12.4. The molecule has 1 amide bonds. The number of hydrogen-bond donors (Lipinski definition) is 1. The van der Waals surface area contributed by atoms with Crippen LogP contribution in [0.2, 0.25) is 0 Å². The van der Waals surface area contributed by atoms with Crippen molar-refractivity contribution in [2.24, 2.45) is 5.41 Å². The summed E-state index contributed by atoms with van der Waals surface area (Å²) in [7, 11) is 0. The van der Waals surface area contributed by atoms with E-state index in [9.17, 15) is 4.79 Å². The third-order valence-corrected chi connectivity index (χ3v) is 3.59. The first kappa shape index (κ1) is 15.3. The van der Waals surface area contributed by atoms with E-state index in [0.29, 0.717) is 0 Å². The van der Waals surface area contributed by atoms with Crippen molar-refractivity contribution in [1.29, 1.82) is 0 Å². The van der Waals surface area contributed by atoms with E-state index in [0.717, 1.165) is 11.1 Å². The average molecular weight is 281 g/mol. The van der Waals surface area contributed by atoms with Crippen molar-refractivity contribution < 1.29 is 4.79 Å².